The summed E-state index contributed by atoms with van der Waals surface area (Å²) in [5.41, 5.74) is 2.39. The predicted molar refractivity (Wildman–Crippen MR) is 92.7 cm³/mol. The molecule has 1 aromatic heterocycles. The molecule has 1 unspecified atom stereocenters. The molecule has 1 spiro atoms. The van der Waals surface area contributed by atoms with Gasteiger partial charge in [0.25, 0.3) is 5.91 Å². The summed E-state index contributed by atoms with van der Waals surface area (Å²) < 4.78 is 10.5. The third-order valence-electron chi connectivity index (χ3n) is 5.44. The van der Waals surface area contributed by atoms with Gasteiger partial charge in [0.2, 0.25) is 0 Å². The highest BCUT2D eigenvalue weighted by Crippen LogP contribution is 2.41. The summed E-state index contributed by atoms with van der Waals surface area (Å²) in [6.45, 7) is 3.76. The lowest BCUT2D eigenvalue weighted by Gasteiger charge is -2.33. The van der Waals surface area contributed by atoms with E-state index in [1.54, 1.807) is 14.0 Å². The minimum absolute atomic E-state index is 0.166. The zero-order valence-corrected chi connectivity index (χ0v) is 15.1. The van der Waals surface area contributed by atoms with Crippen LogP contribution in [-0.2, 0) is 23.3 Å². The van der Waals surface area contributed by atoms with E-state index in [1.165, 1.54) is 4.90 Å². The Morgan fingerprint density at radius 3 is 2.85 bits per heavy atom. The first-order valence-electron chi connectivity index (χ1n) is 8.69. The van der Waals surface area contributed by atoms with Crippen molar-refractivity contribution in [2.45, 2.75) is 45.2 Å². The Bertz CT molecular complexity index is 885. The maximum Gasteiger partial charge on any atom is 0.325 e. The molecule has 0 radical (unpaired) electrons. The number of carbonyl (C=O) groups excluding carboxylic acids is 2. The highest BCUT2D eigenvalue weighted by atomic mass is 16.5. The molecule has 1 atom stereocenters. The first-order chi connectivity index (χ1) is 12.5. The van der Waals surface area contributed by atoms with Crippen LogP contribution >= 0.6 is 0 Å². The number of hydrogen-bond acceptors (Lipinski definition) is 5. The number of imide groups is 1. The second-order valence-corrected chi connectivity index (χ2v) is 6.91. The number of nitrogens with zero attached hydrogens (tertiary/aromatic N) is 2. The maximum atomic E-state index is 13.3. The standard InChI is InChI=1S/C19H21N3O4/c1-11-15(12(2)26-21-11)10-22-17(23)19(20-18(22)24)8-4-5-13-9-14(25-3)6-7-16(13)19/h6-7,9H,4-5,8,10H2,1-3H3,(H,20,24). The Labute approximate surface area is 151 Å². The quantitative estimate of drug-likeness (QED) is 0.856. The predicted octanol–water partition coefficient (Wildman–Crippen LogP) is 2.58. The molecule has 0 saturated carbocycles. The number of aryl methyl sites for hydroxylation is 3. The Morgan fingerprint density at radius 1 is 1.35 bits per heavy atom. The number of benzene rings is 1. The third kappa shape index (κ3) is 2.30. The van der Waals surface area contributed by atoms with Crippen molar-refractivity contribution in [3.8, 4) is 5.75 Å². The first kappa shape index (κ1) is 16.6. The molecule has 7 nitrogen and oxygen atoms in total. The Kier molecular flexibility index (Phi) is 3.75. The van der Waals surface area contributed by atoms with E-state index in [0.717, 1.165) is 35.3 Å². The highest BCUT2D eigenvalue weighted by molar-refractivity contribution is 6.07. The average molecular weight is 355 g/mol. The molecule has 0 bridgehead atoms. The number of nitrogens with one attached hydrogen (secondary N) is 1. The molecule has 26 heavy (non-hydrogen) atoms. The zero-order valence-electron chi connectivity index (χ0n) is 15.1. The van der Waals surface area contributed by atoms with Crippen LogP contribution < -0.4 is 10.1 Å². The van der Waals surface area contributed by atoms with Gasteiger partial charge < -0.3 is 14.6 Å². The molecule has 1 saturated heterocycles. The van der Waals surface area contributed by atoms with Crippen LogP contribution in [0.4, 0.5) is 4.79 Å². The summed E-state index contributed by atoms with van der Waals surface area (Å²) in [7, 11) is 1.62. The Morgan fingerprint density at radius 2 is 2.15 bits per heavy atom. The second-order valence-electron chi connectivity index (χ2n) is 6.91. The van der Waals surface area contributed by atoms with E-state index < -0.39 is 5.54 Å². The van der Waals surface area contributed by atoms with Crippen molar-refractivity contribution in [1.29, 1.82) is 0 Å². The fourth-order valence-corrected chi connectivity index (χ4v) is 4.01. The molecule has 7 heteroatoms. The number of hydrogen-bond donors (Lipinski definition) is 1. The van der Waals surface area contributed by atoms with Crippen LogP contribution in [0.15, 0.2) is 22.7 Å². The molecule has 1 aliphatic carbocycles. The van der Waals surface area contributed by atoms with Crippen LogP contribution in [0.5, 0.6) is 5.75 Å². The zero-order chi connectivity index (χ0) is 18.5. The van der Waals surface area contributed by atoms with Gasteiger partial charge in [0.15, 0.2) is 0 Å². The van der Waals surface area contributed by atoms with Gasteiger partial charge in [0, 0.05) is 5.56 Å². The van der Waals surface area contributed by atoms with Gasteiger partial charge in [-0.1, -0.05) is 11.2 Å². The number of ether oxygens (including phenoxy) is 1. The van der Waals surface area contributed by atoms with Crippen molar-refractivity contribution < 1.29 is 18.8 Å². The molecule has 2 aliphatic rings. The van der Waals surface area contributed by atoms with E-state index in [2.05, 4.69) is 10.5 Å². The van der Waals surface area contributed by atoms with Crippen molar-refractivity contribution in [1.82, 2.24) is 15.4 Å². The minimum Gasteiger partial charge on any atom is -0.497 e. The number of amides is 3. The summed E-state index contributed by atoms with van der Waals surface area (Å²) in [6.07, 6.45) is 2.28. The topological polar surface area (TPSA) is 84.7 Å². The lowest BCUT2D eigenvalue weighted by molar-refractivity contribution is -0.132. The Balaban J connectivity index is 1.72. The fraction of sp³-hybridized carbons (Fsp3) is 0.421. The SMILES string of the molecule is COc1ccc2c(c1)CCCC21NC(=O)N(Cc2c(C)noc2C)C1=O. The summed E-state index contributed by atoms with van der Waals surface area (Å²) in [5, 5.41) is 6.87. The normalized spacial score (nSPS) is 21.9. The van der Waals surface area contributed by atoms with Crippen molar-refractivity contribution in [3.05, 3.63) is 46.3 Å². The highest BCUT2D eigenvalue weighted by Gasteiger charge is 2.54. The molecule has 1 N–H and O–H groups in total. The fourth-order valence-electron chi connectivity index (χ4n) is 4.01. The first-order valence-corrected chi connectivity index (χ1v) is 8.69. The van der Waals surface area contributed by atoms with Crippen LogP contribution in [0.1, 0.15) is 41.0 Å². The molecule has 3 amide bonds. The monoisotopic (exact) mass is 355 g/mol. The largest absolute Gasteiger partial charge is 0.497 e. The van der Waals surface area contributed by atoms with Crippen molar-refractivity contribution in [2.24, 2.45) is 0 Å². The van der Waals surface area contributed by atoms with Crippen LogP contribution in [0.3, 0.4) is 0 Å². The summed E-state index contributed by atoms with van der Waals surface area (Å²) in [5.74, 6) is 1.16. The van der Waals surface area contributed by atoms with E-state index in [-0.39, 0.29) is 18.5 Å². The van der Waals surface area contributed by atoms with E-state index in [4.69, 9.17) is 9.26 Å². The van der Waals surface area contributed by atoms with Gasteiger partial charge >= 0.3 is 6.03 Å². The number of rotatable bonds is 3. The van der Waals surface area contributed by atoms with Gasteiger partial charge in [-0.2, -0.15) is 0 Å². The lowest BCUT2D eigenvalue weighted by atomic mass is 9.76. The molecule has 2 aromatic rings. The van der Waals surface area contributed by atoms with E-state index in [1.807, 2.05) is 25.1 Å². The number of fused-ring (bicyclic) bond motifs is 2. The van der Waals surface area contributed by atoms with Gasteiger partial charge in [-0.15, -0.1) is 0 Å². The molecule has 1 fully saturated rings. The smallest absolute Gasteiger partial charge is 0.325 e. The number of urea groups is 1. The average Bonchev–Trinajstić information content (AvgIpc) is 3.07. The maximum absolute atomic E-state index is 13.3. The van der Waals surface area contributed by atoms with E-state index in [0.29, 0.717) is 17.9 Å². The van der Waals surface area contributed by atoms with Gasteiger partial charge in [-0.05, 0) is 56.4 Å². The van der Waals surface area contributed by atoms with Crippen LogP contribution in [-0.4, -0.2) is 29.1 Å². The molecule has 1 aliphatic heterocycles. The minimum atomic E-state index is -0.990. The summed E-state index contributed by atoms with van der Waals surface area (Å²) in [4.78, 5) is 27.2. The van der Waals surface area contributed by atoms with E-state index >= 15 is 0 Å². The van der Waals surface area contributed by atoms with Crippen molar-refractivity contribution >= 4 is 11.9 Å². The molecule has 136 valence electrons. The van der Waals surface area contributed by atoms with Crippen LogP contribution in [0, 0.1) is 13.8 Å². The van der Waals surface area contributed by atoms with Crippen molar-refractivity contribution in [3.63, 3.8) is 0 Å². The molecule has 4 rings (SSSR count). The number of methoxy groups -OCH3 is 1. The van der Waals surface area contributed by atoms with Gasteiger partial charge in [0.05, 0.1) is 19.3 Å². The number of carbonyl (C=O) groups is 2. The van der Waals surface area contributed by atoms with Gasteiger partial charge in [-0.25, -0.2) is 4.79 Å². The molecule has 2 heterocycles. The van der Waals surface area contributed by atoms with E-state index in [9.17, 15) is 9.59 Å². The molecular formula is C19H21N3O4. The van der Waals surface area contributed by atoms with Gasteiger partial charge in [-0.3, -0.25) is 9.69 Å². The second kappa shape index (κ2) is 5.86. The van der Waals surface area contributed by atoms with Crippen LogP contribution in [0.2, 0.25) is 0 Å². The molecule has 1 aromatic carbocycles. The van der Waals surface area contributed by atoms with Gasteiger partial charge in [0.1, 0.15) is 17.0 Å². The van der Waals surface area contributed by atoms with Crippen LogP contribution in [0.25, 0.3) is 0 Å². The molecular weight excluding hydrogens is 334 g/mol. The number of aromatic nitrogens is 1. The summed E-state index contributed by atoms with van der Waals surface area (Å²) in [6, 6.07) is 5.30. The Hall–Kier alpha value is -2.83. The summed E-state index contributed by atoms with van der Waals surface area (Å²) >= 11 is 0. The third-order valence-corrected chi connectivity index (χ3v) is 5.44. The van der Waals surface area contributed by atoms with Crippen molar-refractivity contribution in [2.75, 3.05) is 7.11 Å². The lowest BCUT2D eigenvalue weighted by Crippen LogP contribution is -2.46.